The van der Waals surface area contributed by atoms with Crippen LogP contribution in [-0.2, 0) is 18.3 Å². The van der Waals surface area contributed by atoms with E-state index in [1.54, 1.807) is 0 Å². The van der Waals surface area contributed by atoms with Crippen LogP contribution in [0, 0.1) is 26.7 Å². The van der Waals surface area contributed by atoms with Gasteiger partial charge < -0.3 is 9.80 Å². The smallest absolute Gasteiger partial charge is 0.0619 e. The molecule has 2 nitrogen and oxygen atoms in total. The quantitative estimate of drug-likeness (QED) is 0.114. The highest BCUT2D eigenvalue weighted by Crippen LogP contribution is 2.52. The largest absolute Gasteiger partial charge is 0.309 e. The van der Waals surface area contributed by atoms with Crippen molar-refractivity contribution in [3.05, 3.63) is 166 Å². The molecule has 6 aromatic carbocycles. The molecule has 0 radical (unpaired) electrons. The second-order valence-corrected chi connectivity index (χ2v) is 19.1. The summed E-state index contributed by atoms with van der Waals surface area (Å²) < 4.78 is 0. The fourth-order valence-corrected chi connectivity index (χ4v) is 9.56. The standard InChI is InChI=1S/C59H70N2.C2H6/c1-12-20-54-53(14-3)57(61(51-32-27-41(6)43(8)35-51)50-26-19-24-47(38-50)40(4)5)56-39-48(59(9,10)11)31-34-55(56)58(54)60(52-33-28-42(7)46(13-2)37-52)49-25-18-23-45(36-49)30-29-44-21-16-15-17-22-44;1-2/h12,14,18-20,23-28,31-40,44H,3,13,15-17,21-22,29-30H2,1-2,4-11H3;1-2H3/b20-12-;. The monoisotopic (exact) mass is 837 g/mol. The summed E-state index contributed by atoms with van der Waals surface area (Å²) in [6.07, 6.45) is 16.9. The molecule has 0 atom stereocenters. The Bertz CT molecular complexity index is 2540. The van der Waals surface area contributed by atoms with E-state index >= 15 is 0 Å². The third-order valence-corrected chi connectivity index (χ3v) is 13.4. The van der Waals surface area contributed by atoms with Crippen LogP contribution >= 0.6 is 0 Å². The van der Waals surface area contributed by atoms with Gasteiger partial charge in [-0.3, -0.25) is 0 Å². The van der Waals surface area contributed by atoms with Crippen LogP contribution in [0.4, 0.5) is 34.1 Å². The first-order chi connectivity index (χ1) is 30.3. The first-order valence-corrected chi connectivity index (χ1v) is 24.2. The van der Waals surface area contributed by atoms with Gasteiger partial charge in [0.25, 0.3) is 0 Å². The van der Waals surface area contributed by atoms with E-state index in [1.807, 2.05) is 13.8 Å². The molecule has 0 unspecified atom stereocenters. The van der Waals surface area contributed by atoms with Gasteiger partial charge in [0, 0.05) is 44.6 Å². The summed E-state index contributed by atoms with van der Waals surface area (Å²) in [6, 6.07) is 39.8. The molecule has 0 amide bonds. The van der Waals surface area contributed by atoms with Crippen molar-refractivity contribution < 1.29 is 0 Å². The van der Waals surface area contributed by atoms with E-state index in [4.69, 9.17) is 0 Å². The van der Waals surface area contributed by atoms with Gasteiger partial charge in [0.2, 0.25) is 0 Å². The van der Waals surface area contributed by atoms with Gasteiger partial charge in [0.05, 0.1) is 11.4 Å². The SMILES string of the molecule is C=Cc1c(/C=C\C)c(N(c2cccc(CCC3CCCCC3)c2)c2ccc(C)c(CC)c2)c2ccc(C(C)(C)C)cc2c1N(c1cccc(C(C)C)c1)c1ccc(C)c(C)c1.CC. The van der Waals surface area contributed by atoms with Crippen molar-refractivity contribution in [2.24, 2.45) is 5.92 Å². The van der Waals surface area contributed by atoms with Gasteiger partial charge in [0.1, 0.15) is 0 Å². The van der Waals surface area contributed by atoms with Crippen LogP contribution < -0.4 is 9.80 Å². The van der Waals surface area contributed by atoms with E-state index in [1.165, 1.54) is 105 Å². The van der Waals surface area contributed by atoms with Gasteiger partial charge in [-0.15, -0.1) is 0 Å². The van der Waals surface area contributed by atoms with Crippen molar-refractivity contribution in [3.8, 4) is 0 Å². The molecule has 6 aromatic rings. The van der Waals surface area contributed by atoms with Crippen LogP contribution in [0.15, 0.2) is 116 Å². The van der Waals surface area contributed by atoms with Crippen molar-refractivity contribution >= 4 is 57.0 Å². The summed E-state index contributed by atoms with van der Waals surface area (Å²) in [5.41, 5.74) is 18.5. The Morgan fingerprint density at radius 3 is 1.90 bits per heavy atom. The molecule has 330 valence electrons. The summed E-state index contributed by atoms with van der Waals surface area (Å²) >= 11 is 0. The average molecular weight is 837 g/mol. The number of hydrogen-bond acceptors (Lipinski definition) is 2. The number of anilines is 6. The number of benzene rings is 6. The Morgan fingerprint density at radius 1 is 0.667 bits per heavy atom. The normalized spacial score (nSPS) is 13.3. The second-order valence-electron chi connectivity index (χ2n) is 19.1. The van der Waals surface area contributed by atoms with Crippen LogP contribution in [0.3, 0.4) is 0 Å². The highest BCUT2D eigenvalue weighted by Gasteiger charge is 2.29. The minimum atomic E-state index is -0.0653. The lowest BCUT2D eigenvalue weighted by Gasteiger charge is -2.35. The molecular formula is C61H76N2. The Balaban J connectivity index is 0.00000326. The molecule has 1 fully saturated rings. The van der Waals surface area contributed by atoms with Gasteiger partial charge in [-0.05, 0) is 158 Å². The topological polar surface area (TPSA) is 6.48 Å². The van der Waals surface area contributed by atoms with Crippen LogP contribution in [0.5, 0.6) is 0 Å². The van der Waals surface area contributed by atoms with Gasteiger partial charge in [-0.2, -0.15) is 0 Å². The molecule has 0 spiro atoms. The average Bonchev–Trinajstić information content (AvgIpc) is 3.29. The fourth-order valence-electron chi connectivity index (χ4n) is 9.56. The number of hydrogen-bond donors (Lipinski definition) is 0. The molecule has 0 N–H and O–H groups in total. The van der Waals surface area contributed by atoms with Crippen LogP contribution in [0.25, 0.3) is 22.9 Å². The van der Waals surface area contributed by atoms with Gasteiger partial charge >= 0.3 is 0 Å². The molecule has 0 aromatic heterocycles. The summed E-state index contributed by atoms with van der Waals surface area (Å²) in [4.78, 5) is 5.08. The zero-order valence-corrected chi connectivity index (χ0v) is 41.0. The lowest BCUT2D eigenvalue weighted by atomic mass is 9.83. The molecule has 0 saturated heterocycles. The lowest BCUT2D eigenvalue weighted by molar-refractivity contribution is 0.339. The molecule has 0 heterocycles. The molecule has 7 rings (SSSR count). The van der Waals surface area contributed by atoms with Gasteiger partial charge in [0.15, 0.2) is 0 Å². The second kappa shape index (κ2) is 20.9. The minimum Gasteiger partial charge on any atom is -0.309 e. The van der Waals surface area contributed by atoms with Crippen molar-refractivity contribution in [2.45, 2.75) is 146 Å². The molecule has 2 heteroatoms. The summed E-state index contributed by atoms with van der Waals surface area (Å²) in [5, 5.41) is 2.42. The molecule has 63 heavy (non-hydrogen) atoms. The predicted molar refractivity (Wildman–Crippen MR) is 281 cm³/mol. The minimum absolute atomic E-state index is 0.0653. The van der Waals surface area contributed by atoms with Gasteiger partial charge in [-0.25, -0.2) is 0 Å². The Kier molecular flexibility index (Phi) is 15.6. The molecule has 0 aliphatic heterocycles. The Morgan fingerprint density at radius 2 is 1.29 bits per heavy atom. The van der Waals surface area contributed by atoms with Crippen LogP contribution in [0.1, 0.15) is 157 Å². The molecule has 0 bridgehead atoms. The Labute approximate surface area is 382 Å². The lowest BCUT2D eigenvalue weighted by Crippen LogP contribution is -2.18. The van der Waals surface area contributed by atoms with Gasteiger partial charge in [-0.1, -0.05) is 161 Å². The maximum absolute atomic E-state index is 4.65. The Hall–Kier alpha value is -5.34. The van der Waals surface area contributed by atoms with E-state index in [0.717, 1.165) is 46.9 Å². The molecular weight excluding hydrogens is 761 g/mol. The maximum atomic E-state index is 4.65. The van der Waals surface area contributed by atoms with Crippen LogP contribution in [0.2, 0.25) is 0 Å². The van der Waals surface area contributed by atoms with Crippen molar-refractivity contribution in [1.29, 1.82) is 0 Å². The third-order valence-electron chi connectivity index (χ3n) is 13.4. The predicted octanol–water partition coefficient (Wildman–Crippen LogP) is 18.9. The third kappa shape index (κ3) is 10.4. The number of allylic oxidation sites excluding steroid dienone is 1. The first-order valence-electron chi connectivity index (χ1n) is 24.2. The van der Waals surface area contributed by atoms with Crippen molar-refractivity contribution in [2.75, 3.05) is 9.80 Å². The summed E-state index contributed by atoms with van der Waals surface area (Å²) in [5.74, 6) is 1.23. The zero-order valence-electron chi connectivity index (χ0n) is 41.0. The number of nitrogens with zero attached hydrogens (tertiary/aromatic N) is 2. The van der Waals surface area contributed by atoms with E-state index in [2.05, 4.69) is 207 Å². The number of aryl methyl sites for hydroxylation is 5. The summed E-state index contributed by atoms with van der Waals surface area (Å²) in [6.45, 7) is 31.3. The van der Waals surface area contributed by atoms with E-state index < -0.39 is 0 Å². The highest BCUT2D eigenvalue weighted by molar-refractivity contribution is 6.14. The fraction of sp³-hybridized carbons (Fsp3) is 0.377. The number of fused-ring (bicyclic) bond motifs is 1. The highest BCUT2D eigenvalue weighted by atomic mass is 15.2. The van der Waals surface area contributed by atoms with E-state index in [9.17, 15) is 0 Å². The molecule has 1 saturated carbocycles. The van der Waals surface area contributed by atoms with E-state index in [0.29, 0.717) is 5.92 Å². The zero-order chi connectivity index (χ0) is 45.4. The molecule has 1 aliphatic carbocycles. The molecule has 1 aliphatic rings. The van der Waals surface area contributed by atoms with E-state index in [-0.39, 0.29) is 5.41 Å². The van der Waals surface area contributed by atoms with Crippen LogP contribution in [-0.4, -0.2) is 0 Å². The summed E-state index contributed by atoms with van der Waals surface area (Å²) in [7, 11) is 0. The van der Waals surface area contributed by atoms with Crippen molar-refractivity contribution in [3.63, 3.8) is 0 Å². The first kappa shape index (κ1) is 47.1. The van der Waals surface area contributed by atoms with Crippen molar-refractivity contribution in [1.82, 2.24) is 0 Å². The number of rotatable bonds is 13. The maximum Gasteiger partial charge on any atom is 0.0619 e.